The number of pyridine rings is 1. The molecular formula is C14H18N4O2. The molecule has 0 saturated heterocycles. The fraction of sp³-hybridized carbons (Fsp3) is 0.500. The number of nitrogens with zero attached hydrogens (tertiary/aromatic N) is 3. The number of hydrogen-bond donors (Lipinski definition) is 2. The molecule has 6 heteroatoms. The maximum atomic E-state index is 12.2. The van der Waals surface area contributed by atoms with Crippen molar-refractivity contribution in [3.8, 4) is 0 Å². The highest BCUT2D eigenvalue weighted by molar-refractivity contribution is 5.70. The third kappa shape index (κ3) is 2.32. The first-order valence-corrected chi connectivity index (χ1v) is 6.91. The van der Waals surface area contributed by atoms with Gasteiger partial charge in [0.2, 0.25) is 0 Å². The normalized spacial score (nSPS) is 23.1. The number of aromatic nitrogens is 3. The zero-order valence-corrected chi connectivity index (χ0v) is 11.2. The molecule has 2 aromatic heterocycles. The van der Waals surface area contributed by atoms with Crippen molar-refractivity contribution in [1.82, 2.24) is 14.5 Å². The lowest BCUT2D eigenvalue weighted by Gasteiger charge is -2.28. The molecule has 0 aliphatic heterocycles. The molecule has 2 aromatic rings. The van der Waals surface area contributed by atoms with E-state index in [9.17, 15) is 9.90 Å². The molecule has 1 aliphatic rings. The summed E-state index contributed by atoms with van der Waals surface area (Å²) >= 11 is 0. The molecule has 2 heterocycles. The lowest BCUT2D eigenvalue weighted by Crippen LogP contribution is -2.32. The van der Waals surface area contributed by atoms with Crippen molar-refractivity contribution in [2.24, 2.45) is 5.73 Å². The van der Waals surface area contributed by atoms with Gasteiger partial charge in [-0.15, -0.1) is 0 Å². The molecule has 0 unspecified atom stereocenters. The Morgan fingerprint density at radius 2 is 1.95 bits per heavy atom. The van der Waals surface area contributed by atoms with Crippen LogP contribution in [-0.2, 0) is 6.61 Å². The van der Waals surface area contributed by atoms with E-state index >= 15 is 0 Å². The van der Waals surface area contributed by atoms with Gasteiger partial charge in [-0.3, -0.25) is 4.79 Å². The summed E-state index contributed by atoms with van der Waals surface area (Å²) in [4.78, 5) is 20.5. The predicted octanol–water partition coefficient (Wildman–Crippen LogP) is 0.726. The van der Waals surface area contributed by atoms with Gasteiger partial charge in [0.25, 0.3) is 5.56 Å². The number of aliphatic hydroxyl groups excluding tert-OH is 1. The van der Waals surface area contributed by atoms with E-state index in [1.54, 1.807) is 16.8 Å². The molecule has 3 N–H and O–H groups in total. The van der Waals surface area contributed by atoms with Gasteiger partial charge in [-0.25, -0.2) is 9.97 Å². The molecule has 0 amide bonds. The van der Waals surface area contributed by atoms with Crippen molar-refractivity contribution in [2.45, 2.75) is 44.4 Å². The van der Waals surface area contributed by atoms with E-state index in [4.69, 9.17) is 5.73 Å². The van der Waals surface area contributed by atoms with Crippen LogP contribution in [0.1, 0.15) is 37.3 Å². The Labute approximate surface area is 116 Å². The van der Waals surface area contributed by atoms with E-state index in [2.05, 4.69) is 9.97 Å². The molecule has 20 heavy (non-hydrogen) atoms. The first kappa shape index (κ1) is 13.2. The minimum Gasteiger partial charge on any atom is -0.392 e. The van der Waals surface area contributed by atoms with Gasteiger partial charge in [-0.05, 0) is 37.3 Å². The van der Waals surface area contributed by atoms with Gasteiger partial charge >= 0.3 is 0 Å². The molecular weight excluding hydrogens is 256 g/mol. The van der Waals surface area contributed by atoms with Crippen LogP contribution in [0.15, 0.2) is 23.3 Å². The summed E-state index contributed by atoms with van der Waals surface area (Å²) in [5.41, 5.74) is 7.73. The summed E-state index contributed by atoms with van der Waals surface area (Å²) in [5.74, 6) is 0. The molecule has 1 aliphatic carbocycles. The van der Waals surface area contributed by atoms with Gasteiger partial charge in [-0.1, -0.05) is 0 Å². The van der Waals surface area contributed by atoms with E-state index in [0.29, 0.717) is 16.7 Å². The lowest BCUT2D eigenvalue weighted by atomic mass is 9.91. The largest absolute Gasteiger partial charge is 0.392 e. The van der Waals surface area contributed by atoms with Gasteiger partial charge in [-0.2, -0.15) is 0 Å². The van der Waals surface area contributed by atoms with Crippen LogP contribution in [0.5, 0.6) is 0 Å². The Balaban J connectivity index is 2.12. The van der Waals surface area contributed by atoms with E-state index < -0.39 is 0 Å². The maximum absolute atomic E-state index is 12.2. The van der Waals surface area contributed by atoms with E-state index in [1.165, 1.54) is 6.20 Å². The number of fused-ring (bicyclic) bond motifs is 1. The summed E-state index contributed by atoms with van der Waals surface area (Å²) in [5, 5.41) is 9.24. The molecule has 0 spiro atoms. The summed E-state index contributed by atoms with van der Waals surface area (Å²) in [6.07, 6.45) is 6.54. The number of aliphatic hydroxyl groups is 1. The maximum Gasteiger partial charge on any atom is 0.269 e. The molecule has 1 saturated carbocycles. The molecule has 0 atom stereocenters. The second kappa shape index (κ2) is 5.30. The van der Waals surface area contributed by atoms with Crippen LogP contribution >= 0.6 is 0 Å². The standard InChI is InChI=1S/C14H18N4O2/c15-10-1-3-11(4-2-10)18-12-5-9(8-19)6-16-14(12)17-7-13(18)20/h5-7,10-11,19H,1-4,8,15H2. The molecule has 0 aromatic carbocycles. The first-order chi connectivity index (χ1) is 9.69. The average molecular weight is 274 g/mol. The Bertz CT molecular complexity index is 674. The number of hydrogen-bond acceptors (Lipinski definition) is 5. The van der Waals surface area contributed by atoms with Crippen LogP contribution in [-0.4, -0.2) is 25.7 Å². The summed E-state index contributed by atoms with van der Waals surface area (Å²) in [6.45, 7) is -0.0957. The first-order valence-electron chi connectivity index (χ1n) is 6.91. The molecule has 3 rings (SSSR count). The van der Waals surface area contributed by atoms with Crippen molar-refractivity contribution >= 4 is 11.2 Å². The zero-order chi connectivity index (χ0) is 14.1. The SMILES string of the molecule is NC1CCC(n2c(=O)cnc3ncc(CO)cc32)CC1. The Hall–Kier alpha value is -1.79. The average Bonchev–Trinajstić information content (AvgIpc) is 2.48. The Morgan fingerprint density at radius 1 is 1.25 bits per heavy atom. The molecule has 106 valence electrons. The van der Waals surface area contributed by atoms with Crippen molar-refractivity contribution < 1.29 is 5.11 Å². The van der Waals surface area contributed by atoms with Crippen LogP contribution in [0.25, 0.3) is 11.2 Å². The molecule has 0 radical (unpaired) electrons. The second-order valence-electron chi connectivity index (χ2n) is 5.38. The smallest absolute Gasteiger partial charge is 0.269 e. The van der Waals surface area contributed by atoms with Gasteiger partial charge in [0.1, 0.15) is 0 Å². The topological polar surface area (TPSA) is 94.0 Å². The van der Waals surface area contributed by atoms with Crippen LogP contribution in [0.2, 0.25) is 0 Å². The van der Waals surface area contributed by atoms with Gasteiger partial charge in [0, 0.05) is 18.3 Å². The number of nitrogens with two attached hydrogens (primary N) is 1. The number of rotatable bonds is 2. The zero-order valence-electron chi connectivity index (χ0n) is 11.2. The van der Waals surface area contributed by atoms with Crippen LogP contribution in [0.3, 0.4) is 0 Å². The highest BCUT2D eigenvalue weighted by Crippen LogP contribution is 2.28. The van der Waals surface area contributed by atoms with Crippen LogP contribution in [0.4, 0.5) is 0 Å². The van der Waals surface area contributed by atoms with E-state index in [1.807, 2.05) is 0 Å². The Kier molecular flexibility index (Phi) is 3.50. The lowest BCUT2D eigenvalue weighted by molar-refractivity contribution is 0.281. The minimum atomic E-state index is -0.116. The monoisotopic (exact) mass is 274 g/mol. The third-order valence-electron chi connectivity index (χ3n) is 3.99. The van der Waals surface area contributed by atoms with Gasteiger partial charge in [0.15, 0.2) is 5.65 Å². The van der Waals surface area contributed by atoms with Gasteiger partial charge in [0.05, 0.1) is 18.3 Å². The molecule has 1 fully saturated rings. The van der Waals surface area contributed by atoms with E-state index in [-0.39, 0.29) is 24.2 Å². The predicted molar refractivity (Wildman–Crippen MR) is 75.2 cm³/mol. The summed E-state index contributed by atoms with van der Waals surface area (Å²) < 4.78 is 1.76. The van der Waals surface area contributed by atoms with E-state index in [0.717, 1.165) is 25.7 Å². The second-order valence-corrected chi connectivity index (χ2v) is 5.38. The van der Waals surface area contributed by atoms with Crippen molar-refractivity contribution in [1.29, 1.82) is 0 Å². The van der Waals surface area contributed by atoms with Crippen molar-refractivity contribution in [3.05, 3.63) is 34.4 Å². The highest BCUT2D eigenvalue weighted by Gasteiger charge is 2.22. The van der Waals surface area contributed by atoms with Crippen molar-refractivity contribution in [2.75, 3.05) is 0 Å². The van der Waals surface area contributed by atoms with Gasteiger partial charge < -0.3 is 15.4 Å². The quantitative estimate of drug-likeness (QED) is 0.841. The third-order valence-corrected chi connectivity index (χ3v) is 3.99. The molecule has 0 bridgehead atoms. The Morgan fingerprint density at radius 3 is 2.65 bits per heavy atom. The summed E-state index contributed by atoms with van der Waals surface area (Å²) in [7, 11) is 0. The van der Waals surface area contributed by atoms with Crippen LogP contribution in [0, 0.1) is 0 Å². The van der Waals surface area contributed by atoms with Crippen LogP contribution < -0.4 is 11.3 Å². The van der Waals surface area contributed by atoms with Crippen molar-refractivity contribution in [3.63, 3.8) is 0 Å². The minimum absolute atomic E-state index is 0.0957. The highest BCUT2D eigenvalue weighted by atomic mass is 16.3. The fourth-order valence-corrected chi connectivity index (χ4v) is 2.88. The molecule has 6 nitrogen and oxygen atoms in total. The summed E-state index contributed by atoms with van der Waals surface area (Å²) in [6, 6.07) is 2.18. The fourth-order valence-electron chi connectivity index (χ4n) is 2.88.